The second kappa shape index (κ2) is 7.91. The Balaban J connectivity index is 1.31. The molecule has 1 fully saturated rings. The number of quaternary nitrogens is 1. The summed E-state index contributed by atoms with van der Waals surface area (Å²) in [6.07, 6.45) is -0.746. The molecule has 0 unspecified atom stereocenters. The van der Waals surface area contributed by atoms with E-state index in [2.05, 4.69) is 4.90 Å². The molecule has 2 aliphatic heterocycles. The van der Waals surface area contributed by atoms with Gasteiger partial charge >= 0.3 is 0 Å². The van der Waals surface area contributed by atoms with E-state index in [-0.39, 0.29) is 18.4 Å². The third-order valence-corrected chi connectivity index (χ3v) is 5.78. The van der Waals surface area contributed by atoms with E-state index in [0.29, 0.717) is 17.7 Å². The third kappa shape index (κ3) is 3.63. The second-order valence-electron chi connectivity index (χ2n) is 7.31. The maximum atomic E-state index is 12.4. The van der Waals surface area contributed by atoms with Gasteiger partial charge in [-0.15, -0.1) is 0 Å². The number of imide groups is 1. The molecular formula is C21H23ClN3O3+. The molecular weight excluding hydrogens is 378 g/mol. The summed E-state index contributed by atoms with van der Waals surface area (Å²) >= 11 is 6.28. The van der Waals surface area contributed by atoms with Crippen molar-refractivity contribution in [3.05, 3.63) is 64.7 Å². The first-order valence-corrected chi connectivity index (χ1v) is 9.88. The van der Waals surface area contributed by atoms with Crippen molar-refractivity contribution in [1.82, 2.24) is 4.90 Å². The molecule has 28 heavy (non-hydrogen) atoms. The van der Waals surface area contributed by atoms with Crippen LogP contribution in [0.15, 0.2) is 48.5 Å². The molecule has 2 heterocycles. The van der Waals surface area contributed by atoms with Gasteiger partial charge in [-0.25, -0.2) is 0 Å². The Morgan fingerprint density at radius 2 is 1.54 bits per heavy atom. The molecule has 1 atom stereocenters. The van der Waals surface area contributed by atoms with E-state index in [4.69, 9.17) is 11.6 Å². The monoisotopic (exact) mass is 400 g/mol. The quantitative estimate of drug-likeness (QED) is 0.725. The van der Waals surface area contributed by atoms with E-state index in [1.807, 2.05) is 24.3 Å². The minimum Gasteiger partial charge on any atom is -0.385 e. The van der Waals surface area contributed by atoms with Crippen molar-refractivity contribution in [3.8, 4) is 0 Å². The summed E-state index contributed by atoms with van der Waals surface area (Å²) in [6.45, 7) is 3.96. The molecule has 0 saturated carbocycles. The highest BCUT2D eigenvalue weighted by Crippen LogP contribution is 2.25. The Hall–Kier alpha value is -2.41. The number of β-amino-alcohol motifs (C(OH)–C–C–N with tert-alkyl or cyclic N) is 1. The average Bonchev–Trinajstić information content (AvgIpc) is 2.94. The summed E-state index contributed by atoms with van der Waals surface area (Å²) in [5.41, 5.74) is 1.87. The Bertz CT molecular complexity index is 861. The van der Waals surface area contributed by atoms with Gasteiger partial charge in [-0.3, -0.25) is 14.5 Å². The first-order chi connectivity index (χ1) is 13.5. The number of halogens is 1. The van der Waals surface area contributed by atoms with Crippen LogP contribution in [-0.2, 0) is 0 Å². The maximum Gasteiger partial charge on any atom is 0.261 e. The van der Waals surface area contributed by atoms with Gasteiger partial charge in [0.1, 0.15) is 12.6 Å². The number of anilines is 1. The Morgan fingerprint density at radius 3 is 2.14 bits per heavy atom. The Morgan fingerprint density at radius 1 is 0.964 bits per heavy atom. The first-order valence-electron chi connectivity index (χ1n) is 9.51. The molecule has 0 aliphatic carbocycles. The molecule has 6 nitrogen and oxygen atoms in total. The molecule has 0 bridgehead atoms. The van der Waals surface area contributed by atoms with Gasteiger partial charge in [0.15, 0.2) is 0 Å². The number of amides is 2. The number of rotatable bonds is 5. The second-order valence-corrected chi connectivity index (χ2v) is 7.72. The highest BCUT2D eigenvalue weighted by atomic mass is 35.5. The number of carbonyl (C=O) groups excluding carboxylic acids is 2. The van der Waals surface area contributed by atoms with E-state index in [0.717, 1.165) is 41.8 Å². The summed E-state index contributed by atoms with van der Waals surface area (Å²) in [4.78, 5) is 29.5. The zero-order valence-corrected chi connectivity index (χ0v) is 16.2. The predicted molar refractivity (Wildman–Crippen MR) is 107 cm³/mol. The number of aliphatic hydroxyl groups is 1. The van der Waals surface area contributed by atoms with Crippen LogP contribution in [0.2, 0.25) is 5.02 Å². The number of para-hydroxylation sites is 1. The number of hydrogen-bond donors (Lipinski definition) is 2. The van der Waals surface area contributed by atoms with Gasteiger partial charge in [-0.2, -0.15) is 0 Å². The van der Waals surface area contributed by atoms with Crippen molar-refractivity contribution in [3.63, 3.8) is 0 Å². The number of benzene rings is 2. The molecule has 1 saturated heterocycles. The summed E-state index contributed by atoms with van der Waals surface area (Å²) in [5, 5.41) is 11.2. The fraction of sp³-hybridized carbons (Fsp3) is 0.333. The molecule has 2 amide bonds. The summed E-state index contributed by atoms with van der Waals surface area (Å²) in [6, 6.07) is 14.6. The number of fused-ring (bicyclic) bond motifs is 1. The molecule has 0 radical (unpaired) electrons. The zero-order valence-electron chi connectivity index (χ0n) is 15.5. The highest BCUT2D eigenvalue weighted by molar-refractivity contribution is 6.33. The van der Waals surface area contributed by atoms with Crippen LogP contribution in [0.25, 0.3) is 0 Å². The molecule has 0 spiro atoms. The molecule has 2 aromatic rings. The van der Waals surface area contributed by atoms with Crippen molar-refractivity contribution < 1.29 is 19.6 Å². The van der Waals surface area contributed by atoms with E-state index in [1.54, 1.807) is 24.3 Å². The number of nitrogens with zero attached hydrogens (tertiary/aromatic N) is 2. The number of carbonyl (C=O) groups is 2. The fourth-order valence-corrected chi connectivity index (χ4v) is 4.24. The molecule has 2 aliphatic rings. The molecule has 0 aromatic heterocycles. The summed E-state index contributed by atoms with van der Waals surface area (Å²) in [7, 11) is 0. The lowest BCUT2D eigenvalue weighted by molar-refractivity contribution is -0.903. The van der Waals surface area contributed by atoms with Crippen LogP contribution < -0.4 is 9.80 Å². The van der Waals surface area contributed by atoms with Crippen molar-refractivity contribution >= 4 is 29.1 Å². The van der Waals surface area contributed by atoms with Crippen molar-refractivity contribution in [2.24, 2.45) is 0 Å². The highest BCUT2D eigenvalue weighted by Gasteiger charge is 2.37. The minimum atomic E-state index is -0.746. The van der Waals surface area contributed by atoms with Crippen molar-refractivity contribution in [2.75, 3.05) is 44.2 Å². The van der Waals surface area contributed by atoms with Gasteiger partial charge < -0.3 is 14.9 Å². The van der Waals surface area contributed by atoms with Crippen LogP contribution in [-0.4, -0.2) is 67.2 Å². The molecule has 2 aromatic carbocycles. The van der Waals surface area contributed by atoms with E-state index in [9.17, 15) is 14.7 Å². The van der Waals surface area contributed by atoms with Crippen LogP contribution >= 0.6 is 11.6 Å². The van der Waals surface area contributed by atoms with Crippen LogP contribution in [0.1, 0.15) is 20.7 Å². The number of hydrogen-bond acceptors (Lipinski definition) is 4. The number of aliphatic hydroxyl groups excluding tert-OH is 1. The Kier molecular flexibility index (Phi) is 5.35. The van der Waals surface area contributed by atoms with Gasteiger partial charge in [0.2, 0.25) is 0 Å². The Labute approximate surface area is 168 Å². The van der Waals surface area contributed by atoms with E-state index < -0.39 is 6.10 Å². The van der Waals surface area contributed by atoms with Crippen molar-refractivity contribution in [2.45, 2.75) is 6.10 Å². The SMILES string of the molecule is O=C1c2ccccc2C(=O)N1C[C@H](O)C[NH+]1CCN(c2ccccc2Cl)CC1. The zero-order chi connectivity index (χ0) is 19.7. The van der Waals surface area contributed by atoms with Gasteiger partial charge in [-0.05, 0) is 24.3 Å². The summed E-state index contributed by atoms with van der Waals surface area (Å²) in [5.74, 6) is -0.642. The first kappa shape index (κ1) is 18.9. The van der Waals surface area contributed by atoms with E-state index in [1.165, 1.54) is 4.90 Å². The standard InChI is InChI=1S/C21H22ClN3O3/c22-18-7-3-4-8-19(18)24-11-9-23(10-12-24)13-15(26)14-25-20(27)16-5-1-2-6-17(16)21(25)28/h1-8,15,26H,9-14H2/p+1/t15-/m1/s1. The van der Waals surface area contributed by atoms with Crippen molar-refractivity contribution in [1.29, 1.82) is 0 Å². The normalized spacial score (nSPS) is 18.5. The third-order valence-electron chi connectivity index (χ3n) is 5.46. The minimum absolute atomic E-state index is 0.0318. The van der Waals surface area contributed by atoms with Crippen LogP contribution in [0.4, 0.5) is 5.69 Å². The predicted octanol–water partition coefficient (Wildman–Crippen LogP) is 0.702. The van der Waals surface area contributed by atoms with Gasteiger partial charge in [-0.1, -0.05) is 35.9 Å². The van der Waals surface area contributed by atoms with Crippen LogP contribution in [0, 0.1) is 0 Å². The average molecular weight is 401 g/mol. The van der Waals surface area contributed by atoms with Crippen LogP contribution in [0.5, 0.6) is 0 Å². The smallest absolute Gasteiger partial charge is 0.261 e. The van der Waals surface area contributed by atoms with E-state index >= 15 is 0 Å². The fourth-order valence-electron chi connectivity index (χ4n) is 3.99. The summed E-state index contributed by atoms with van der Waals surface area (Å²) < 4.78 is 0. The molecule has 4 rings (SSSR count). The molecule has 7 heteroatoms. The number of piperazine rings is 1. The lowest BCUT2D eigenvalue weighted by Crippen LogP contribution is -3.16. The van der Waals surface area contributed by atoms with Gasteiger partial charge in [0.05, 0.1) is 54.6 Å². The van der Waals surface area contributed by atoms with Gasteiger partial charge in [0, 0.05) is 0 Å². The maximum absolute atomic E-state index is 12.4. The lowest BCUT2D eigenvalue weighted by Gasteiger charge is -2.35. The topological polar surface area (TPSA) is 65.3 Å². The van der Waals surface area contributed by atoms with Gasteiger partial charge in [0.25, 0.3) is 11.8 Å². The largest absolute Gasteiger partial charge is 0.385 e. The van der Waals surface area contributed by atoms with Crippen LogP contribution in [0.3, 0.4) is 0 Å². The molecule has 2 N–H and O–H groups in total. The molecule has 146 valence electrons. The lowest BCUT2D eigenvalue weighted by atomic mass is 10.1. The number of nitrogens with one attached hydrogen (secondary N) is 1.